The summed E-state index contributed by atoms with van der Waals surface area (Å²) in [7, 11) is 0. The fourth-order valence-corrected chi connectivity index (χ4v) is 4.09. The summed E-state index contributed by atoms with van der Waals surface area (Å²) in [4.78, 5) is 32.1. The maximum absolute atomic E-state index is 14.4. The summed E-state index contributed by atoms with van der Waals surface area (Å²) >= 11 is 0. The van der Waals surface area contributed by atoms with Gasteiger partial charge in [-0.1, -0.05) is 0 Å². The van der Waals surface area contributed by atoms with Crippen molar-refractivity contribution in [2.45, 2.75) is 38.5 Å². The van der Waals surface area contributed by atoms with Gasteiger partial charge in [0, 0.05) is 26.1 Å². The lowest BCUT2D eigenvalue weighted by atomic mass is 9.77. The van der Waals surface area contributed by atoms with Crippen molar-refractivity contribution in [1.29, 1.82) is 0 Å². The minimum absolute atomic E-state index is 0.0154. The average Bonchev–Trinajstić information content (AvgIpc) is 3.20. The number of likely N-dealkylation sites (tertiary alicyclic amines) is 2. The third-order valence-corrected chi connectivity index (χ3v) is 5.52. The molecule has 8 heteroatoms. The van der Waals surface area contributed by atoms with E-state index in [0.29, 0.717) is 31.1 Å². The Labute approximate surface area is 144 Å². The lowest BCUT2D eigenvalue weighted by Gasteiger charge is -2.42. The van der Waals surface area contributed by atoms with Crippen LogP contribution in [0.3, 0.4) is 0 Å². The number of carbonyl (C=O) groups is 2. The molecule has 1 aromatic rings. The lowest BCUT2D eigenvalue weighted by molar-refractivity contribution is -0.151. The van der Waals surface area contributed by atoms with E-state index < -0.39 is 30.2 Å². The zero-order chi connectivity index (χ0) is 17.8. The van der Waals surface area contributed by atoms with E-state index in [0.717, 1.165) is 24.1 Å². The van der Waals surface area contributed by atoms with Crippen LogP contribution in [0.1, 0.15) is 41.9 Å². The fraction of sp³-hybridized carbons (Fsp3) is 0.706. The van der Waals surface area contributed by atoms with Crippen LogP contribution in [0.15, 0.2) is 10.8 Å². The number of alkyl halides is 2. The van der Waals surface area contributed by atoms with E-state index in [9.17, 15) is 18.4 Å². The molecular weight excluding hydrogens is 332 g/mol. The van der Waals surface area contributed by atoms with Gasteiger partial charge < -0.3 is 14.2 Å². The molecule has 1 aliphatic carbocycles. The molecule has 0 aromatic carbocycles. The molecule has 3 fully saturated rings. The third-order valence-electron chi connectivity index (χ3n) is 5.52. The van der Waals surface area contributed by atoms with Gasteiger partial charge in [-0.25, -0.2) is 13.8 Å². The summed E-state index contributed by atoms with van der Waals surface area (Å²) < 4.78 is 33.9. The normalized spacial score (nSPS) is 28.8. The number of nitrogens with zero attached hydrogens (tertiary/aromatic N) is 3. The number of aryl methyl sites for hydroxylation is 1. The van der Waals surface area contributed by atoms with Crippen LogP contribution in [-0.2, 0) is 4.79 Å². The maximum atomic E-state index is 14.4. The Morgan fingerprint density at radius 1 is 1.40 bits per heavy atom. The van der Waals surface area contributed by atoms with Crippen LogP contribution in [0.4, 0.5) is 8.78 Å². The summed E-state index contributed by atoms with van der Waals surface area (Å²) in [6, 6.07) is 0. The lowest BCUT2D eigenvalue weighted by Crippen LogP contribution is -2.57. The summed E-state index contributed by atoms with van der Waals surface area (Å²) in [6.45, 7) is 2.06. The molecule has 6 nitrogen and oxygen atoms in total. The Bertz CT molecular complexity index is 716. The molecule has 1 atom stereocenters. The van der Waals surface area contributed by atoms with Crippen LogP contribution in [0.25, 0.3) is 0 Å². The number of oxazole rings is 1. The van der Waals surface area contributed by atoms with Crippen molar-refractivity contribution in [3.05, 3.63) is 17.8 Å². The molecule has 1 unspecified atom stereocenters. The van der Waals surface area contributed by atoms with Crippen LogP contribution >= 0.6 is 0 Å². The molecule has 3 heterocycles. The van der Waals surface area contributed by atoms with Gasteiger partial charge in [0.15, 0.2) is 6.39 Å². The minimum atomic E-state index is -3.09. The highest BCUT2D eigenvalue weighted by Gasteiger charge is 2.58. The molecule has 4 rings (SSSR count). The number of hydrogen-bond donors (Lipinski definition) is 0. The molecule has 2 amide bonds. The van der Waals surface area contributed by atoms with Crippen molar-refractivity contribution in [3.8, 4) is 0 Å². The van der Waals surface area contributed by atoms with Crippen LogP contribution in [0, 0.1) is 18.3 Å². The number of aromatic nitrogens is 1. The van der Waals surface area contributed by atoms with Gasteiger partial charge in [0.2, 0.25) is 11.7 Å². The highest BCUT2D eigenvalue weighted by Crippen LogP contribution is 2.46. The van der Waals surface area contributed by atoms with Crippen LogP contribution in [-0.4, -0.2) is 58.7 Å². The molecule has 1 aromatic heterocycles. The maximum Gasteiger partial charge on any atom is 0.291 e. The predicted molar refractivity (Wildman–Crippen MR) is 83.1 cm³/mol. The second-order valence-electron chi connectivity index (χ2n) is 7.69. The first-order valence-corrected chi connectivity index (χ1v) is 8.66. The van der Waals surface area contributed by atoms with Gasteiger partial charge in [0.25, 0.3) is 11.8 Å². The van der Waals surface area contributed by atoms with Crippen molar-refractivity contribution in [2.24, 2.45) is 11.3 Å². The van der Waals surface area contributed by atoms with E-state index in [1.807, 2.05) is 0 Å². The molecule has 1 saturated carbocycles. The number of hydrogen-bond acceptors (Lipinski definition) is 4. The Kier molecular flexibility index (Phi) is 3.63. The van der Waals surface area contributed by atoms with E-state index >= 15 is 0 Å². The van der Waals surface area contributed by atoms with Gasteiger partial charge in [-0.2, -0.15) is 0 Å². The molecule has 3 aliphatic rings. The number of amides is 2. The van der Waals surface area contributed by atoms with Crippen molar-refractivity contribution in [2.75, 3.05) is 26.2 Å². The Hall–Kier alpha value is -1.99. The first kappa shape index (κ1) is 16.5. The average molecular weight is 353 g/mol. The molecule has 0 bridgehead atoms. The molecule has 25 heavy (non-hydrogen) atoms. The number of carbonyl (C=O) groups excluding carboxylic acids is 2. The largest absolute Gasteiger partial charge is 0.438 e. The first-order chi connectivity index (χ1) is 11.8. The van der Waals surface area contributed by atoms with E-state index in [1.165, 1.54) is 0 Å². The van der Waals surface area contributed by atoms with E-state index in [1.54, 1.807) is 11.8 Å². The van der Waals surface area contributed by atoms with Gasteiger partial charge in [-0.15, -0.1) is 0 Å². The van der Waals surface area contributed by atoms with Crippen molar-refractivity contribution in [1.82, 2.24) is 14.8 Å². The minimum Gasteiger partial charge on any atom is -0.438 e. The van der Waals surface area contributed by atoms with E-state index in [-0.39, 0.29) is 18.2 Å². The zero-order valence-electron chi connectivity index (χ0n) is 14.1. The predicted octanol–water partition coefficient (Wildman–Crippen LogP) is 2.09. The van der Waals surface area contributed by atoms with Gasteiger partial charge in [0.1, 0.15) is 0 Å². The van der Waals surface area contributed by atoms with Crippen LogP contribution in [0.5, 0.6) is 0 Å². The van der Waals surface area contributed by atoms with Crippen LogP contribution in [0.2, 0.25) is 0 Å². The number of halogens is 2. The highest BCUT2D eigenvalue weighted by atomic mass is 19.3. The summed E-state index contributed by atoms with van der Waals surface area (Å²) in [5.41, 5.74) is -0.818. The highest BCUT2D eigenvalue weighted by molar-refractivity contribution is 5.93. The molecular formula is C17H21F2N3O3. The fourth-order valence-electron chi connectivity index (χ4n) is 4.09. The van der Waals surface area contributed by atoms with Crippen molar-refractivity contribution >= 4 is 11.8 Å². The topological polar surface area (TPSA) is 66.7 Å². The number of piperidine rings is 1. The van der Waals surface area contributed by atoms with Gasteiger partial charge in [-0.3, -0.25) is 9.59 Å². The first-order valence-electron chi connectivity index (χ1n) is 8.66. The molecule has 0 N–H and O–H groups in total. The van der Waals surface area contributed by atoms with Crippen LogP contribution < -0.4 is 0 Å². The SMILES string of the molecule is Cc1ncoc1C(=O)N1CC(F)(F)CC2(CCN(CC3CC3)C2=O)C1. The summed E-state index contributed by atoms with van der Waals surface area (Å²) in [5, 5.41) is 0. The van der Waals surface area contributed by atoms with Gasteiger partial charge in [0.05, 0.1) is 17.7 Å². The molecule has 2 saturated heterocycles. The Morgan fingerprint density at radius 2 is 2.16 bits per heavy atom. The second-order valence-corrected chi connectivity index (χ2v) is 7.69. The molecule has 0 radical (unpaired) electrons. The van der Waals surface area contributed by atoms with E-state index in [4.69, 9.17) is 4.42 Å². The van der Waals surface area contributed by atoms with Gasteiger partial charge in [-0.05, 0) is 32.1 Å². The summed E-state index contributed by atoms with van der Waals surface area (Å²) in [6.07, 6.45) is 3.20. The zero-order valence-corrected chi connectivity index (χ0v) is 14.1. The molecule has 2 aliphatic heterocycles. The Morgan fingerprint density at radius 3 is 2.80 bits per heavy atom. The third kappa shape index (κ3) is 2.91. The standard InChI is InChI=1S/C17H21F2N3O3/c1-11-13(25-10-20-11)14(23)22-8-16(7-17(18,19)9-22)4-5-21(15(16)24)6-12-2-3-12/h10,12H,2-9H2,1H3. The van der Waals surface area contributed by atoms with Crippen molar-refractivity contribution in [3.63, 3.8) is 0 Å². The summed E-state index contributed by atoms with van der Waals surface area (Å²) in [5.74, 6) is -3.47. The molecule has 1 spiro atoms. The number of rotatable bonds is 3. The van der Waals surface area contributed by atoms with E-state index in [2.05, 4.69) is 4.98 Å². The second kappa shape index (κ2) is 5.51. The smallest absolute Gasteiger partial charge is 0.291 e. The van der Waals surface area contributed by atoms with Crippen molar-refractivity contribution < 1.29 is 22.8 Å². The Balaban J connectivity index is 1.58. The quantitative estimate of drug-likeness (QED) is 0.835. The monoisotopic (exact) mass is 353 g/mol. The molecule has 136 valence electrons. The van der Waals surface area contributed by atoms with Gasteiger partial charge >= 0.3 is 0 Å².